The average molecular weight is 447 g/mol. The van der Waals surface area contributed by atoms with E-state index in [9.17, 15) is 14.4 Å². The van der Waals surface area contributed by atoms with Crippen LogP contribution in [0.2, 0.25) is 0 Å². The second kappa shape index (κ2) is 11.5. The van der Waals surface area contributed by atoms with E-state index < -0.39 is 23.9 Å². The standard InChI is InChI=1S/C26H26N2O5/c1-32-25(30)20(15-18-9-5-3-6-10-18)17-21-13-14-22(27-21)24(29)28-23(26(31)33-2)16-19-11-7-4-8-12-19/h3-14,17,23,27H,15-16H2,1-2H3,(H,28,29)/b20-17-/t23-/m0/s1. The number of carbonyl (C=O) groups excluding carboxylic acids is 3. The zero-order chi connectivity index (χ0) is 23.6. The van der Waals surface area contributed by atoms with Crippen LogP contribution >= 0.6 is 0 Å². The summed E-state index contributed by atoms with van der Waals surface area (Å²) in [5.74, 6) is -1.44. The van der Waals surface area contributed by atoms with Crippen LogP contribution in [-0.4, -0.2) is 43.1 Å². The molecule has 1 heterocycles. The van der Waals surface area contributed by atoms with Gasteiger partial charge >= 0.3 is 11.9 Å². The van der Waals surface area contributed by atoms with Crippen molar-refractivity contribution >= 4 is 23.9 Å². The predicted molar refractivity (Wildman–Crippen MR) is 124 cm³/mol. The molecule has 0 aliphatic rings. The van der Waals surface area contributed by atoms with Crippen molar-refractivity contribution in [2.75, 3.05) is 14.2 Å². The van der Waals surface area contributed by atoms with Crippen LogP contribution in [0.15, 0.2) is 78.4 Å². The largest absolute Gasteiger partial charge is 0.467 e. The van der Waals surface area contributed by atoms with E-state index in [0.29, 0.717) is 24.1 Å². The SMILES string of the molecule is COC(=O)/C(=C\c1ccc(C(=O)N[C@@H](Cc2ccccc2)C(=O)OC)[nH]1)Cc1ccccc1. The summed E-state index contributed by atoms with van der Waals surface area (Å²) in [4.78, 5) is 40.2. The Kier molecular flexibility index (Phi) is 8.18. The number of esters is 2. The summed E-state index contributed by atoms with van der Waals surface area (Å²) in [6.07, 6.45) is 2.34. The molecule has 0 spiro atoms. The highest BCUT2D eigenvalue weighted by Crippen LogP contribution is 2.15. The number of amides is 1. The van der Waals surface area contributed by atoms with Crippen LogP contribution in [0.1, 0.15) is 27.3 Å². The van der Waals surface area contributed by atoms with Gasteiger partial charge in [-0.15, -0.1) is 0 Å². The lowest BCUT2D eigenvalue weighted by molar-refractivity contribution is -0.142. The third-order valence-electron chi connectivity index (χ3n) is 5.04. The molecule has 0 radical (unpaired) electrons. The van der Waals surface area contributed by atoms with Crippen LogP contribution in [0.5, 0.6) is 0 Å². The van der Waals surface area contributed by atoms with Crippen LogP contribution < -0.4 is 5.32 Å². The molecule has 7 heteroatoms. The smallest absolute Gasteiger partial charge is 0.334 e. The molecule has 2 N–H and O–H groups in total. The third-order valence-corrected chi connectivity index (χ3v) is 5.04. The van der Waals surface area contributed by atoms with Gasteiger partial charge in [0.15, 0.2) is 0 Å². The highest BCUT2D eigenvalue weighted by molar-refractivity contribution is 5.97. The number of H-pyrrole nitrogens is 1. The van der Waals surface area contributed by atoms with Crippen molar-refractivity contribution in [3.05, 3.63) is 101 Å². The second-order valence-electron chi connectivity index (χ2n) is 7.39. The molecule has 0 aliphatic carbocycles. The Balaban J connectivity index is 1.75. The summed E-state index contributed by atoms with van der Waals surface area (Å²) >= 11 is 0. The Morgan fingerprint density at radius 1 is 0.879 bits per heavy atom. The number of aromatic nitrogens is 1. The predicted octanol–water partition coefficient (Wildman–Crippen LogP) is 3.33. The first-order chi connectivity index (χ1) is 16.0. The van der Waals surface area contributed by atoms with Crippen molar-refractivity contribution in [2.24, 2.45) is 0 Å². The summed E-state index contributed by atoms with van der Waals surface area (Å²) < 4.78 is 9.76. The number of rotatable bonds is 9. The van der Waals surface area contributed by atoms with Crippen LogP contribution in [0.4, 0.5) is 0 Å². The Morgan fingerprint density at radius 3 is 2.12 bits per heavy atom. The fourth-order valence-corrected chi connectivity index (χ4v) is 3.37. The van der Waals surface area contributed by atoms with Gasteiger partial charge in [-0.1, -0.05) is 60.7 Å². The van der Waals surface area contributed by atoms with E-state index >= 15 is 0 Å². The highest BCUT2D eigenvalue weighted by Gasteiger charge is 2.23. The van der Waals surface area contributed by atoms with Crippen molar-refractivity contribution in [3.8, 4) is 0 Å². The lowest BCUT2D eigenvalue weighted by Gasteiger charge is -2.16. The Hall–Kier alpha value is -4.13. The maximum atomic E-state index is 12.8. The first-order valence-electron chi connectivity index (χ1n) is 10.4. The Bertz CT molecular complexity index is 1120. The van der Waals surface area contributed by atoms with Crippen molar-refractivity contribution in [1.29, 1.82) is 0 Å². The lowest BCUT2D eigenvalue weighted by Crippen LogP contribution is -2.43. The number of benzene rings is 2. The maximum Gasteiger partial charge on any atom is 0.334 e. The van der Waals surface area contributed by atoms with Crippen LogP contribution in [0.3, 0.4) is 0 Å². The number of nitrogens with one attached hydrogen (secondary N) is 2. The number of methoxy groups -OCH3 is 2. The molecule has 33 heavy (non-hydrogen) atoms. The molecule has 2 aromatic carbocycles. The minimum absolute atomic E-state index is 0.257. The molecule has 3 rings (SSSR count). The van der Waals surface area contributed by atoms with Gasteiger partial charge in [-0.2, -0.15) is 0 Å². The Morgan fingerprint density at radius 2 is 1.52 bits per heavy atom. The summed E-state index contributed by atoms with van der Waals surface area (Å²) in [5.41, 5.74) is 3.11. The molecule has 1 atom stereocenters. The summed E-state index contributed by atoms with van der Waals surface area (Å²) in [7, 11) is 2.61. The van der Waals surface area contributed by atoms with E-state index in [0.717, 1.165) is 11.1 Å². The minimum atomic E-state index is -0.837. The van der Waals surface area contributed by atoms with Crippen molar-refractivity contribution in [1.82, 2.24) is 10.3 Å². The fraction of sp³-hybridized carbons (Fsp3) is 0.192. The van der Waals surface area contributed by atoms with E-state index in [1.165, 1.54) is 14.2 Å². The number of carbonyl (C=O) groups is 3. The van der Waals surface area contributed by atoms with Gasteiger partial charge in [-0.25, -0.2) is 9.59 Å². The molecule has 1 aromatic heterocycles. The molecule has 3 aromatic rings. The first-order valence-corrected chi connectivity index (χ1v) is 10.4. The number of hydrogen-bond donors (Lipinski definition) is 2. The summed E-state index contributed by atoms with van der Waals surface area (Å²) in [6, 6.07) is 21.3. The molecule has 170 valence electrons. The molecular formula is C26H26N2O5. The number of ether oxygens (including phenoxy) is 2. The van der Waals surface area contributed by atoms with Gasteiger partial charge in [0.25, 0.3) is 5.91 Å². The molecule has 0 bridgehead atoms. The molecule has 1 amide bonds. The van der Waals surface area contributed by atoms with E-state index in [-0.39, 0.29) is 5.69 Å². The van der Waals surface area contributed by atoms with E-state index in [2.05, 4.69) is 10.3 Å². The van der Waals surface area contributed by atoms with Gasteiger partial charge in [0, 0.05) is 24.1 Å². The fourth-order valence-electron chi connectivity index (χ4n) is 3.37. The van der Waals surface area contributed by atoms with Gasteiger partial charge in [0.2, 0.25) is 0 Å². The molecule has 0 saturated carbocycles. The van der Waals surface area contributed by atoms with Gasteiger partial charge in [0.05, 0.1) is 14.2 Å². The van der Waals surface area contributed by atoms with Gasteiger partial charge in [0.1, 0.15) is 11.7 Å². The number of hydrogen-bond acceptors (Lipinski definition) is 5. The number of aromatic amines is 1. The van der Waals surface area contributed by atoms with Crippen molar-refractivity contribution < 1.29 is 23.9 Å². The van der Waals surface area contributed by atoms with Crippen LogP contribution in [-0.2, 0) is 31.9 Å². The molecular weight excluding hydrogens is 420 g/mol. The third kappa shape index (κ3) is 6.67. The van der Waals surface area contributed by atoms with Gasteiger partial charge in [-0.3, -0.25) is 4.79 Å². The van der Waals surface area contributed by atoms with Crippen LogP contribution in [0.25, 0.3) is 6.08 Å². The van der Waals surface area contributed by atoms with E-state index in [4.69, 9.17) is 9.47 Å². The molecule has 0 aliphatic heterocycles. The van der Waals surface area contributed by atoms with Gasteiger partial charge < -0.3 is 19.8 Å². The Labute approximate surface area is 192 Å². The monoisotopic (exact) mass is 446 g/mol. The lowest BCUT2D eigenvalue weighted by atomic mass is 10.0. The molecule has 0 fully saturated rings. The van der Waals surface area contributed by atoms with Crippen LogP contribution in [0, 0.1) is 0 Å². The second-order valence-corrected chi connectivity index (χ2v) is 7.39. The molecule has 0 unspecified atom stereocenters. The average Bonchev–Trinajstić information content (AvgIpc) is 3.32. The zero-order valence-corrected chi connectivity index (χ0v) is 18.5. The summed E-state index contributed by atoms with van der Waals surface area (Å²) in [5, 5.41) is 2.72. The zero-order valence-electron chi connectivity index (χ0n) is 18.5. The van der Waals surface area contributed by atoms with Crippen molar-refractivity contribution in [3.63, 3.8) is 0 Å². The minimum Gasteiger partial charge on any atom is -0.467 e. The van der Waals surface area contributed by atoms with E-state index in [1.807, 2.05) is 60.7 Å². The molecule has 0 saturated heterocycles. The normalized spacial score (nSPS) is 12.0. The first kappa shape index (κ1) is 23.5. The van der Waals surface area contributed by atoms with Crippen molar-refractivity contribution in [2.45, 2.75) is 18.9 Å². The summed E-state index contributed by atoms with van der Waals surface area (Å²) in [6.45, 7) is 0. The highest BCUT2D eigenvalue weighted by atomic mass is 16.5. The topological polar surface area (TPSA) is 97.5 Å². The van der Waals surface area contributed by atoms with Gasteiger partial charge in [-0.05, 0) is 29.3 Å². The quantitative estimate of drug-likeness (QED) is 0.388. The van der Waals surface area contributed by atoms with E-state index in [1.54, 1.807) is 18.2 Å². The molecule has 7 nitrogen and oxygen atoms in total. The maximum absolute atomic E-state index is 12.8.